The normalized spacial score (nSPS) is 10.8. The zero-order chi connectivity index (χ0) is 19.7. The first-order valence-electron chi connectivity index (χ1n) is 8.51. The van der Waals surface area contributed by atoms with Crippen LogP contribution in [0, 0.1) is 19.7 Å². The van der Waals surface area contributed by atoms with Crippen molar-refractivity contribution in [3.05, 3.63) is 72.2 Å². The molecule has 0 aliphatic carbocycles. The average Bonchev–Trinajstić information content (AvgIpc) is 2.99. The summed E-state index contributed by atoms with van der Waals surface area (Å²) in [7, 11) is 0. The van der Waals surface area contributed by atoms with Crippen molar-refractivity contribution in [1.82, 2.24) is 19.6 Å². The monoisotopic (exact) mass is 377 g/mol. The number of ether oxygens (including phenoxy) is 1. The summed E-state index contributed by atoms with van der Waals surface area (Å²) in [5.74, 6) is 0.189. The molecule has 0 saturated heterocycles. The van der Waals surface area contributed by atoms with Crippen LogP contribution in [0.5, 0.6) is 5.75 Å². The SMILES string of the molecule is Cc1nc(-c2cccc(F)c2)ncc1OC(=O)Nn1cc(C)c2ccncc21. The number of amides is 1. The number of carbonyl (C=O) groups is 1. The molecular formula is C20H16FN5O2. The van der Waals surface area contributed by atoms with E-state index < -0.39 is 6.09 Å². The van der Waals surface area contributed by atoms with Gasteiger partial charge in [-0.15, -0.1) is 0 Å². The van der Waals surface area contributed by atoms with Gasteiger partial charge in [-0.25, -0.2) is 24.6 Å². The van der Waals surface area contributed by atoms with E-state index in [2.05, 4.69) is 20.4 Å². The van der Waals surface area contributed by atoms with Crippen LogP contribution in [-0.2, 0) is 0 Å². The maximum Gasteiger partial charge on any atom is 0.432 e. The molecule has 0 atom stereocenters. The summed E-state index contributed by atoms with van der Waals surface area (Å²) in [5, 5.41) is 0.981. The molecular weight excluding hydrogens is 361 g/mol. The number of hydrogen-bond donors (Lipinski definition) is 1. The van der Waals surface area contributed by atoms with Gasteiger partial charge < -0.3 is 4.74 Å². The van der Waals surface area contributed by atoms with Crippen molar-refractivity contribution in [2.45, 2.75) is 13.8 Å². The molecule has 0 bridgehead atoms. The van der Waals surface area contributed by atoms with E-state index in [1.165, 1.54) is 18.3 Å². The molecule has 3 aromatic heterocycles. The molecule has 4 aromatic rings. The highest BCUT2D eigenvalue weighted by Gasteiger charge is 2.13. The molecule has 3 heterocycles. The average molecular weight is 377 g/mol. The summed E-state index contributed by atoms with van der Waals surface area (Å²) >= 11 is 0. The number of rotatable bonds is 3. The summed E-state index contributed by atoms with van der Waals surface area (Å²) in [4.78, 5) is 24.8. The van der Waals surface area contributed by atoms with Gasteiger partial charge >= 0.3 is 6.09 Å². The minimum atomic E-state index is -0.689. The number of aromatic nitrogens is 4. The largest absolute Gasteiger partial charge is 0.432 e. The third-order valence-corrected chi connectivity index (χ3v) is 4.24. The van der Waals surface area contributed by atoms with Crippen LogP contribution in [-0.4, -0.2) is 25.7 Å². The van der Waals surface area contributed by atoms with Crippen LogP contribution in [0.3, 0.4) is 0 Å². The number of carbonyl (C=O) groups excluding carboxylic acids is 1. The van der Waals surface area contributed by atoms with E-state index in [9.17, 15) is 9.18 Å². The molecule has 0 aliphatic rings. The van der Waals surface area contributed by atoms with Gasteiger partial charge in [-0.1, -0.05) is 12.1 Å². The van der Waals surface area contributed by atoms with E-state index in [1.807, 2.05) is 13.0 Å². The summed E-state index contributed by atoms with van der Waals surface area (Å²) in [6.07, 6.45) is 5.84. The molecule has 0 fully saturated rings. The number of aryl methyl sites for hydroxylation is 2. The Balaban J connectivity index is 1.53. The lowest BCUT2D eigenvalue weighted by molar-refractivity contribution is 0.211. The second-order valence-corrected chi connectivity index (χ2v) is 6.23. The second-order valence-electron chi connectivity index (χ2n) is 6.23. The number of pyridine rings is 1. The lowest BCUT2D eigenvalue weighted by Crippen LogP contribution is -2.25. The van der Waals surface area contributed by atoms with Gasteiger partial charge in [-0.3, -0.25) is 9.66 Å². The molecule has 1 amide bonds. The molecule has 0 unspecified atom stereocenters. The second kappa shape index (κ2) is 7.07. The number of halogens is 1. The first kappa shape index (κ1) is 17.6. The lowest BCUT2D eigenvalue weighted by atomic mass is 10.2. The third-order valence-electron chi connectivity index (χ3n) is 4.24. The molecule has 4 rings (SSSR count). The predicted octanol–water partition coefficient (Wildman–Crippen LogP) is 3.99. The summed E-state index contributed by atoms with van der Waals surface area (Å²) < 4.78 is 20.3. The van der Waals surface area contributed by atoms with Crippen molar-refractivity contribution in [3.8, 4) is 17.1 Å². The fourth-order valence-corrected chi connectivity index (χ4v) is 2.88. The topological polar surface area (TPSA) is 81.9 Å². The van der Waals surface area contributed by atoms with E-state index in [0.717, 1.165) is 16.5 Å². The quantitative estimate of drug-likeness (QED) is 0.584. The standard InChI is InChI=1S/C20H16FN5O2/c1-12-11-26(17-9-22-7-6-16(12)17)25-20(27)28-18-10-23-19(24-13(18)2)14-4-3-5-15(21)8-14/h3-11H,1-2H3,(H,25,27). The highest BCUT2D eigenvalue weighted by molar-refractivity contribution is 5.86. The van der Waals surface area contributed by atoms with Gasteiger partial charge in [0.1, 0.15) is 5.82 Å². The van der Waals surface area contributed by atoms with Crippen molar-refractivity contribution in [2.75, 3.05) is 5.43 Å². The van der Waals surface area contributed by atoms with Crippen LogP contribution in [0.25, 0.3) is 22.3 Å². The van der Waals surface area contributed by atoms with Crippen LogP contribution >= 0.6 is 0 Å². The van der Waals surface area contributed by atoms with E-state index in [0.29, 0.717) is 17.1 Å². The Morgan fingerprint density at radius 2 is 2.07 bits per heavy atom. The maximum atomic E-state index is 13.4. The van der Waals surface area contributed by atoms with Crippen LogP contribution in [0.4, 0.5) is 9.18 Å². The number of hydrogen-bond acceptors (Lipinski definition) is 5. The van der Waals surface area contributed by atoms with Crippen molar-refractivity contribution in [2.24, 2.45) is 0 Å². The van der Waals surface area contributed by atoms with Crippen molar-refractivity contribution in [3.63, 3.8) is 0 Å². The Morgan fingerprint density at radius 1 is 1.21 bits per heavy atom. The highest BCUT2D eigenvalue weighted by Crippen LogP contribution is 2.22. The number of nitrogens with one attached hydrogen (secondary N) is 1. The molecule has 0 spiro atoms. The third kappa shape index (κ3) is 3.39. The minimum absolute atomic E-state index is 0.212. The smallest absolute Gasteiger partial charge is 0.406 e. The molecule has 1 aromatic carbocycles. The predicted molar refractivity (Wildman–Crippen MR) is 102 cm³/mol. The Morgan fingerprint density at radius 3 is 2.86 bits per heavy atom. The van der Waals surface area contributed by atoms with Gasteiger partial charge in [-0.05, 0) is 37.6 Å². The minimum Gasteiger partial charge on any atom is -0.406 e. The molecule has 7 nitrogen and oxygen atoms in total. The van der Waals surface area contributed by atoms with Crippen molar-refractivity contribution >= 4 is 17.0 Å². The summed E-state index contributed by atoms with van der Waals surface area (Å²) in [6.45, 7) is 3.63. The Labute approximate surface area is 159 Å². The van der Waals surface area contributed by atoms with Gasteiger partial charge in [-0.2, -0.15) is 0 Å². The molecule has 28 heavy (non-hydrogen) atoms. The Bertz CT molecular complexity index is 1190. The molecule has 0 saturated carbocycles. The Kier molecular flexibility index (Phi) is 4.44. The number of fused-ring (bicyclic) bond motifs is 1. The van der Waals surface area contributed by atoms with E-state index in [-0.39, 0.29) is 11.6 Å². The lowest BCUT2D eigenvalue weighted by Gasteiger charge is -2.10. The summed E-state index contributed by atoms with van der Waals surface area (Å²) in [5.41, 5.74) is 5.40. The van der Waals surface area contributed by atoms with E-state index in [4.69, 9.17) is 4.74 Å². The van der Waals surface area contributed by atoms with Gasteiger partial charge in [0, 0.05) is 23.3 Å². The molecule has 1 N–H and O–H groups in total. The fourth-order valence-electron chi connectivity index (χ4n) is 2.88. The van der Waals surface area contributed by atoms with Crippen molar-refractivity contribution < 1.29 is 13.9 Å². The van der Waals surface area contributed by atoms with E-state index in [1.54, 1.807) is 42.3 Å². The summed E-state index contributed by atoms with van der Waals surface area (Å²) in [6, 6.07) is 7.85. The van der Waals surface area contributed by atoms with Gasteiger partial charge in [0.05, 0.1) is 23.6 Å². The number of nitrogens with zero attached hydrogens (tertiary/aromatic N) is 4. The van der Waals surface area contributed by atoms with E-state index >= 15 is 0 Å². The molecule has 0 radical (unpaired) electrons. The van der Waals surface area contributed by atoms with Crippen LogP contribution < -0.4 is 10.2 Å². The number of benzene rings is 1. The molecule has 140 valence electrons. The Hall–Kier alpha value is -3.81. The van der Waals surface area contributed by atoms with Crippen molar-refractivity contribution in [1.29, 1.82) is 0 Å². The molecule has 0 aliphatic heterocycles. The zero-order valence-corrected chi connectivity index (χ0v) is 15.2. The molecule has 8 heteroatoms. The van der Waals surface area contributed by atoms with Crippen LogP contribution in [0.1, 0.15) is 11.3 Å². The van der Waals surface area contributed by atoms with Crippen LogP contribution in [0.2, 0.25) is 0 Å². The first-order valence-corrected chi connectivity index (χ1v) is 8.51. The zero-order valence-electron chi connectivity index (χ0n) is 15.2. The van der Waals surface area contributed by atoms with Gasteiger partial charge in [0.25, 0.3) is 0 Å². The van der Waals surface area contributed by atoms with Gasteiger partial charge in [0.15, 0.2) is 11.6 Å². The van der Waals surface area contributed by atoms with Gasteiger partial charge in [0.2, 0.25) is 0 Å². The first-order chi connectivity index (χ1) is 13.5. The van der Waals surface area contributed by atoms with Crippen LogP contribution in [0.15, 0.2) is 55.1 Å². The fraction of sp³-hybridized carbons (Fsp3) is 0.100. The maximum absolute atomic E-state index is 13.4. The highest BCUT2D eigenvalue weighted by atomic mass is 19.1.